The molecule has 0 unspecified atom stereocenters. The average Bonchev–Trinajstić information content (AvgIpc) is 2.42. The Balaban J connectivity index is 2.55. The van der Waals surface area contributed by atoms with E-state index in [1.54, 1.807) is 13.1 Å². The van der Waals surface area contributed by atoms with Gasteiger partial charge in [-0.3, -0.25) is 4.72 Å². The minimum absolute atomic E-state index is 0.418. The molecule has 2 N–H and O–H groups in total. The van der Waals surface area contributed by atoms with Gasteiger partial charge in [-0.15, -0.1) is 0 Å². The zero-order valence-electron chi connectivity index (χ0n) is 13.4. The van der Waals surface area contributed by atoms with Gasteiger partial charge in [0, 0.05) is 19.6 Å². The molecular formula is C15H27N3O2S. The standard InChI is InChI=1S/C15H27N3O2S/c1-5-14-8-6-9-15(12-14)17-21(19,20)18(4)11-7-10-16-13(2)3/h6,8-9,12-13,16-17H,5,7,10-11H2,1-4H3. The second kappa shape index (κ2) is 8.36. The number of hydrogen-bond acceptors (Lipinski definition) is 3. The van der Waals surface area contributed by atoms with Gasteiger partial charge in [-0.1, -0.05) is 32.9 Å². The summed E-state index contributed by atoms with van der Waals surface area (Å²) in [5.41, 5.74) is 1.72. The Morgan fingerprint density at radius 1 is 1.29 bits per heavy atom. The number of aryl methyl sites for hydroxylation is 1. The maximum Gasteiger partial charge on any atom is 0.301 e. The van der Waals surface area contributed by atoms with E-state index in [1.165, 1.54) is 4.31 Å². The lowest BCUT2D eigenvalue weighted by Gasteiger charge is -2.19. The van der Waals surface area contributed by atoms with Gasteiger partial charge < -0.3 is 5.32 Å². The summed E-state index contributed by atoms with van der Waals surface area (Å²) in [6.45, 7) is 7.48. The molecule has 21 heavy (non-hydrogen) atoms. The van der Waals surface area contributed by atoms with Crippen LogP contribution >= 0.6 is 0 Å². The van der Waals surface area contributed by atoms with Crippen molar-refractivity contribution in [2.24, 2.45) is 0 Å². The molecule has 0 aromatic heterocycles. The largest absolute Gasteiger partial charge is 0.314 e. The van der Waals surface area contributed by atoms with Crippen molar-refractivity contribution in [3.63, 3.8) is 0 Å². The van der Waals surface area contributed by atoms with Crippen LogP contribution in [0.5, 0.6) is 0 Å². The summed E-state index contributed by atoms with van der Waals surface area (Å²) in [6, 6.07) is 7.90. The molecular weight excluding hydrogens is 286 g/mol. The van der Waals surface area contributed by atoms with E-state index in [1.807, 2.05) is 25.1 Å². The highest BCUT2D eigenvalue weighted by atomic mass is 32.2. The van der Waals surface area contributed by atoms with Gasteiger partial charge in [0.05, 0.1) is 5.69 Å². The first kappa shape index (κ1) is 17.9. The van der Waals surface area contributed by atoms with Crippen LogP contribution in [0.3, 0.4) is 0 Å². The molecule has 0 fully saturated rings. The summed E-state index contributed by atoms with van der Waals surface area (Å²) in [5, 5.41) is 3.28. The molecule has 0 atom stereocenters. The van der Waals surface area contributed by atoms with E-state index in [9.17, 15) is 8.42 Å². The van der Waals surface area contributed by atoms with Crippen molar-refractivity contribution in [1.29, 1.82) is 0 Å². The number of anilines is 1. The zero-order chi connectivity index (χ0) is 15.9. The van der Waals surface area contributed by atoms with Gasteiger partial charge in [0.25, 0.3) is 0 Å². The maximum atomic E-state index is 12.2. The van der Waals surface area contributed by atoms with E-state index in [0.717, 1.165) is 24.9 Å². The van der Waals surface area contributed by atoms with Gasteiger partial charge >= 0.3 is 10.2 Å². The molecule has 0 aliphatic rings. The molecule has 0 heterocycles. The van der Waals surface area contributed by atoms with Crippen molar-refractivity contribution in [3.05, 3.63) is 29.8 Å². The van der Waals surface area contributed by atoms with Crippen LogP contribution in [0.1, 0.15) is 32.8 Å². The highest BCUT2D eigenvalue weighted by molar-refractivity contribution is 7.90. The quantitative estimate of drug-likeness (QED) is 0.687. The Labute approximate surface area is 128 Å². The van der Waals surface area contributed by atoms with E-state index in [4.69, 9.17) is 0 Å². The van der Waals surface area contributed by atoms with Gasteiger partial charge in [0.2, 0.25) is 0 Å². The number of rotatable bonds is 9. The number of benzene rings is 1. The molecule has 1 aromatic rings. The van der Waals surface area contributed by atoms with Crippen LogP contribution in [0.15, 0.2) is 24.3 Å². The fourth-order valence-electron chi connectivity index (χ4n) is 1.89. The van der Waals surface area contributed by atoms with Crippen molar-refractivity contribution in [2.45, 2.75) is 39.7 Å². The van der Waals surface area contributed by atoms with Crippen LogP contribution in [0.4, 0.5) is 5.69 Å². The highest BCUT2D eigenvalue weighted by Crippen LogP contribution is 2.14. The Morgan fingerprint density at radius 3 is 2.62 bits per heavy atom. The number of hydrogen-bond donors (Lipinski definition) is 2. The van der Waals surface area contributed by atoms with E-state index < -0.39 is 10.2 Å². The fourth-order valence-corrected chi connectivity index (χ4v) is 2.84. The SMILES string of the molecule is CCc1cccc(NS(=O)(=O)N(C)CCCNC(C)C)c1. The minimum Gasteiger partial charge on any atom is -0.314 e. The third-order valence-electron chi connectivity index (χ3n) is 3.19. The van der Waals surface area contributed by atoms with Gasteiger partial charge in [0.1, 0.15) is 0 Å². The van der Waals surface area contributed by atoms with E-state index in [2.05, 4.69) is 23.9 Å². The first-order chi connectivity index (χ1) is 9.85. The summed E-state index contributed by atoms with van der Waals surface area (Å²) in [5.74, 6) is 0. The highest BCUT2D eigenvalue weighted by Gasteiger charge is 2.17. The topological polar surface area (TPSA) is 61.4 Å². The molecule has 0 bridgehead atoms. The monoisotopic (exact) mass is 313 g/mol. The minimum atomic E-state index is -3.48. The Bertz CT molecular complexity index is 529. The third-order valence-corrected chi connectivity index (χ3v) is 4.69. The normalized spacial score (nSPS) is 12.1. The van der Waals surface area contributed by atoms with Gasteiger partial charge in [0.15, 0.2) is 0 Å². The molecule has 0 aliphatic heterocycles. The van der Waals surface area contributed by atoms with Gasteiger partial charge in [-0.2, -0.15) is 12.7 Å². The Hall–Kier alpha value is -1.11. The van der Waals surface area contributed by atoms with Crippen LogP contribution < -0.4 is 10.0 Å². The van der Waals surface area contributed by atoms with Crippen molar-refractivity contribution in [1.82, 2.24) is 9.62 Å². The van der Waals surface area contributed by atoms with Crippen LogP contribution in [-0.2, 0) is 16.6 Å². The van der Waals surface area contributed by atoms with Crippen molar-refractivity contribution in [3.8, 4) is 0 Å². The summed E-state index contributed by atoms with van der Waals surface area (Å²) in [7, 11) is -1.88. The average molecular weight is 313 g/mol. The van der Waals surface area contributed by atoms with Crippen LogP contribution in [0.25, 0.3) is 0 Å². The summed E-state index contributed by atoms with van der Waals surface area (Å²) < 4.78 is 28.4. The molecule has 0 saturated heterocycles. The molecule has 1 rings (SSSR count). The van der Waals surface area contributed by atoms with Crippen molar-refractivity contribution < 1.29 is 8.42 Å². The zero-order valence-corrected chi connectivity index (χ0v) is 14.2. The van der Waals surface area contributed by atoms with E-state index in [0.29, 0.717) is 18.3 Å². The van der Waals surface area contributed by atoms with E-state index >= 15 is 0 Å². The molecule has 0 spiro atoms. The summed E-state index contributed by atoms with van der Waals surface area (Å²) in [4.78, 5) is 0. The van der Waals surface area contributed by atoms with Gasteiger partial charge in [-0.25, -0.2) is 0 Å². The van der Waals surface area contributed by atoms with Crippen molar-refractivity contribution >= 4 is 15.9 Å². The predicted octanol–water partition coefficient (Wildman–Crippen LogP) is 2.23. The van der Waals surface area contributed by atoms with Crippen LogP contribution in [-0.4, -0.2) is 38.9 Å². The summed E-state index contributed by atoms with van der Waals surface area (Å²) in [6.07, 6.45) is 1.66. The van der Waals surface area contributed by atoms with Crippen LogP contribution in [0.2, 0.25) is 0 Å². The Kier molecular flexibility index (Phi) is 7.14. The first-order valence-electron chi connectivity index (χ1n) is 7.41. The molecule has 1 aromatic carbocycles. The molecule has 6 heteroatoms. The van der Waals surface area contributed by atoms with Gasteiger partial charge in [-0.05, 0) is 37.1 Å². The number of nitrogens with one attached hydrogen (secondary N) is 2. The third kappa shape index (κ3) is 6.46. The second-order valence-corrected chi connectivity index (χ2v) is 7.22. The smallest absolute Gasteiger partial charge is 0.301 e. The van der Waals surface area contributed by atoms with Crippen LogP contribution in [0, 0.1) is 0 Å². The second-order valence-electron chi connectivity index (χ2n) is 5.44. The maximum absolute atomic E-state index is 12.2. The van der Waals surface area contributed by atoms with E-state index in [-0.39, 0.29) is 0 Å². The first-order valence-corrected chi connectivity index (χ1v) is 8.85. The number of nitrogens with zero attached hydrogens (tertiary/aromatic N) is 1. The lowest BCUT2D eigenvalue weighted by Crippen LogP contribution is -2.35. The predicted molar refractivity (Wildman–Crippen MR) is 88.7 cm³/mol. The molecule has 0 saturated carbocycles. The molecule has 0 aliphatic carbocycles. The summed E-state index contributed by atoms with van der Waals surface area (Å²) >= 11 is 0. The lowest BCUT2D eigenvalue weighted by atomic mass is 10.1. The molecule has 5 nitrogen and oxygen atoms in total. The molecule has 0 radical (unpaired) electrons. The fraction of sp³-hybridized carbons (Fsp3) is 0.600. The lowest BCUT2D eigenvalue weighted by molar-refractivity contribution is 0.451. The van der Waals surface area contributed by atoms with Crippen molar-refractivity contribution in [2.75, 3.05) is 24.9 Å². The Morgan fingerprint density at radius 2 is 2.00 bits per heavy atom. The molecule has 120 valence electrons. The molecule has 0 amide bonds.